The summed E-state index contributed by atoms with van der Waals surface area (Å²) < 4.78 is 9.59. The zero-order valence-corrected chi connectivity index (χ0v) is 9.69. The fraction of sp³-hybridized carbons (Fsp3) is 0.417. The number of carbonyl (C=O) groups excluding carboxylic acids is 1. The molecule has 16 heavy (non-hydrogen) atoms. The topological polar surface area (TPSA) is 55.8 Å². The number of carbonyl (C=O) groups is 1. The van der Waals surface area contributed by atoms with Gasteiger partial charge in [-0.25, -0.2) is 0 Å². The van der Waals surface area contributed by atoms with E-state index in [0.717, 1.165) is 0 Å². The lowest BCUT2D eigenvalue weighted by molar-refractivity contribution is -0.145. The highest BCUT2D eigenvalue weighted by Gasteiger charge is 2.27. The Kier molecular flexibility index (Phi) is 3.90. The van der Waals surface area contributed by atoms with Gasteiger partial charge in [0.25, 0.3) is 0 Å². The van der Waals surface area contributed by atoms with Crippen molar-refractivity contribution in [2.24, 2.45) is 0 Å². The van der Waals surface area contributed by atoms with Crippen molar-refractivity contribution in [1.29, 1.82) is 0 Å². The molecule has 4 nitrogen and oxygen atoms in total. The van der Waals surface area contributed by atoms with E-state index in [1.54, 1.807) is 38.3 Å². The highest BCUT2D eigenvalue weighted by atomic mass is 16.5. The Hall–Kier alpha value is -1.55. The van der Waals surface area contributed by atoms with E-state index < -0.39 is 11.6 Å². The molecule has 0 aliphatic carbocycles. The number of benzene rings is 1. The predicted octanol–water partition coefficient (Wildman–Crippen LogP) is 1.47. The summed E-state index contributed by atoms with van der Waals surface area (Å²) in [5.74, 6) is 0.190. The van der Waals surface area contributed by atoms with Gasteiger partial charge < -0.3 is 14.6 Å². The Morgan fingerprint density at radius 2 is 2.12 bits per heavy atom. The van der Waals surface area contributed by atoms with Crippen LogP contribution in [0.15, 0.2) is 24.3 Å². The molecule has 1 aromatic rings. The first-order chi connectivity index (χ1) is 7.49. The maximum absolute atomic E-state index is 11.1. The van der Waals surface area contributed by atoms with Gasteiger partial charge in [-0.1, -0.05) is 12.1 Å². The second-order valence-electron chi connectivity index (χ2n) is 3.76. The maximum atomic E-state index is 11.1. The summed E-state index contributed by atoms with van der Waals surface area (Å²) in [5, 5.41) is 10.2. The number of rotatable bonds is 4. The van der Waals surface area contributed by atoms with Gasteiger partial charge >= 0.3 is 5.97 Å². The maximum Gasteiger partial charge on any atom is 0.308 e. The minimum absolute atomic E-state index is 0.0866. The molecule has 0 aliphatic heterocycles. The highest BCUT2D eigenvalue weighted by Crippen LogP contribution is 2.27. The second-order valence-corrected chi connectivity index (χ2v) is 3.76. The van der Waals surface area contributed by atoms with E-state index >= 15 is 0 Å². The normalized spacial score (nSPS) is 14.0. The fourth-order valence-electron chi connectivity index (χ4n) is 1.41. The van der Waals surface area contributed by atoms with E-state index in [2.05, 4.69) is 4.74 Å². The van der Waals surface area contributed by atoms with Gasteiger partial charge in [0.15, 0.2) is 0 Å². The molecule has 0 spiro atoms. The van der Waals surface area contributed by atoms with Crippen LogP contribution in [0.4, 0.5) is 0 Å². The van der Waals surface area contributed by atoms with Crippen molar-refractivity contribution in [3.05, 3.63) is 29.8 Å². The van der Waals surface area contributed by atoms with E-state index in [-0.39, 0.29) is 6.42 Å². The third kappa shape index (κ3) is 2.97. The number of hydrogen-bond acceptors (Lipinski definition) is 4. The van der Waals surface area contributed by atoms with Gasteiger partial charge in [-0.3, -0.25) is 4.79 Å². The van der Waals surface area contributed by atoms with Gasteiger partial charge in [0.1, 0.15) is 5.75 Å². The molecule has 0 fully saturated rings. The molecule has 1 N–H and O–H groups in total. The lowest BCUT2D eigenvalue weighted by atomic mass is 9.92. The molecular weight excluding hydrogens is 208 g/mol. The van der Waals surface area contributed by atoms with Crippen molar-refractivity contribution in [2.45, 2.75) is 18.9 Å². The zero-order chi connectivity index (χ0) is 12.2. The molecule has 0 saturated carbocycles. The lowest BCUT2D eigenvalue weighted by Gasteiger charge is -2.22. The molecule has 0 amide bonds. The van der Waals surface area contributed by atoms with Crippen molar-refractivity contribution < 1.29 is 19.4 Å². The summed E-state index contributed by atoms with van der Waals surface area (Å²) in [6, 6.07) is 6.98. The molecule has 1 rings (SSSR count). The van der Waals surface area contributed by atoms with Crippen LogP contribution < -0.4 is 4.74 Å². The van der Waals surface area contributed by atoms with E-state index in [0.29, 0.717) is 11.3 Å². The van der Waals surface area contributed by atoms with Crippen LogP contribution in [0.25, 0.3) is 0 Å². The SMILES string of the molecule is COC(=O)C[C@@](C)(O)c1cccc(OC)c1. The van der Waals surface area contributed by atoms with Crippen LogP contribution in [0.1, 0.15) is 18.9 Å². The van der Waals surface area contributed by atoms with Gasteiger partial charge in [-0.15, -0.1) is 0 Å². The Morgan fingerprint density at radius 3 is 2.69 bits per heavy atom. The molecular formula is C12H16O4. The van der Waals surface area contributed by atoms with E-state index in [1.165, 1.54) is 7.11 Å². The monoisotopic (exact) mass is 224 g/mol. The molecule has 1 aromatic carbocycles. The number of ether oxygens (including phenoxy) is 2. The molecule has 0 aliphatic rings. The van der Waals surface area contributed by atoms with Crippen molar-refractivity contribution in [3.8, 4) is 5.75 Å². The number of methoxy groups -OCH3 is 2. The predicted molar refractivity (Wildman–Crippen MR) is 59.2 cm³/mol. The third-order valence-corrected chi connectivity index (χ3v) is 2.41. The standard InChI is InChI=1S/C12H16O4/c1-12(14,8-11(13)16-3)9-5-4-6-10(7-9)15-2/h4-7,14H,8H2,1-3H3/t12-/m1/s1. The number of hydrogen-bond donors (Lipinski definition) is 1. The minimum atomic E-state index is -1.25. The summed E-state index contributed by atoms with van der Waals surface area (Å²) in [6.45, 7) is 1.57. The van der Waals surface area contributed by atoms with Gasteiger partial charge in [-0.2, -0.15) is 0 Å². The number of aliphatic hydroxyl groups is 1. The van der Waals surface area contributed by atoms with Crippen LogP contribution in [0.2, 0.25) is 0 Å². The van der Waals surface area contributed by atoms with Gasteiger partial charge in [-0.05, 0) is 24.6 Å². The Morgan fingerprint density at radius 1 is 1.44 bits per heavy atom. The third-order valence-electron chi connectivity index (χ3n) is 2.41. The smallest absolute Gasteiger partial charge is 0.308 e. The molecule has 0 aromatic heterocycles. The largest absolute Gasteiger partial charge is 0.497 e. The summed E-state index contributed by atoms with van der Waals surface area (Å²) in [7, 11) is 2.85. The van der Waals surface area contributed by atoms with Crippen LogP contribution in [-0.4, -0.2) is 25.3 Å². The van der Waals surface area contributed by atoms with E-state index in [1.807, 2.05) is 0 Å². The summed E-state index contributed by atoms with van der Waals surface area (Å²) >= 11 is 0. The molecule has 0 heterocycles. The first-order valence-electron chi connectivity index (χ1n) is 4.93. The van der Waals surface area contributed by atoms with Crippen molar-refractivity contribution >= 4 is 5.97 Å². The quantitative estimate of drug-likeness (QED) is 0.787. The van der Waals surface area contributed by atoms with Gasteiger partial charge in [0.2, 0.25) is 0 Å². The van der Waals surface area contributed by atoms with Crippen molar-refractivity contribution in [2.75, 3.05) is 14.2 Å². The van der Waals surface area contributed by atoms with Crippen LogP contribution in [-0.2, 0) is 15.1 Å². The minimum Gasteiger partial charge on any atom is -0.497 e. The Balaban J connectivity index is 2.92. The van der Waals surface area contributed by atoms with Crippen molar-refractivity contribution in [3.63, 3.8) is 0 Å². The molecule has 0 radical (unpaired) electrons. The average Bonchev–Trinajstić information content (AvgIpc) is 2.28. The molecule has 0 bridgehead atoms. The van der Waals surface area contributed by atoms with Crippen molar-refractivity contribution in [1.82, 2.24) is 0 Å². The number of esters is 1. The first kappa shape index (κ1) is 12.5. The average molecular weight is 224 g/mol. The summed E-state index contributed by atoms with van der Waals surface area (Å²) in [4.78, 5) is 11.1. The Labute approximate surface area is 94.8 Å². The van der Waals surface area contributed by atoms with Gasteiger partial charge in [0, 0.05) is 0 Å². The van der Waals surface area contributed by atoms with Crippen LogP contribution >= 0.6 is 0 Å². The molecule has 0 saturated heterocycles. The second kappa shape index (κ2) is 4.99. The van der Waals surface area contributed by atoms with Gasteiger partial charge in [0.05, 0.1) is 26.2 Å². The van der Waals surface area contributed by atoms with Crippen LogP contribution in [0.3, 0.4) is 0 Å². The first-order valence-corrected chi connectivity index (χ1v) is 4.93. The van der Waals surface area contributed by atoms with E-state index in [4.69, 9.17) is 4.74 Å². The lowest BCUT2D eigenvalue weighted by Crippen LogP contribution is -2.25. The summed E-state index contributed by atoms with van der Waals surface area (Å²) in [6.07, 6.45) is -0.0866. The fourth-order valence-corrected chi connectivity index (χ4v) is 1.41. The summed E-state index contributed by atoms with van der Waals surface area (Å²) in [5.41, 5.74) is -0.626. The molecule has 0 unspecified atom stereocenters. The Bertz CT molecular complexity index is 371. The van der Waals surface area contributed by atoms with E-state index in [9.17, 15) is 9.90 Å². The molecule has 4 heteroatoms. The molecule has 1 atom stereocenters. The van der Waals surface area contributed by atoms with Crippen LogP contribution in [0, 0.1) is 0 Å². The van der Waals surface area contributed by atoms with Crippen LogP contribution in [0.5, 0.6) is 5.75 Å². The highest BCUT2D eigenvalue weighted by molar-refractivity contribution is 5.70. The zero-order valence-electron chi connectivity index (χ0n) is 9.69. The molecule has 88 valence electrons.